The van der Waals surface area contributed by atoms with E-state index in [2.05, 4.69) is 5.32 Å². The molecule has 0 unspecified atom stereocenters. The summed E-state index contributed by atoms with van der Waals surface area (Å²) in [5, 5.41) is 2.84. The lowest BCUT2D eigenvalue weighted by molar-refractivity contribution is -0.128. The van der Waals surface area contributed by atoms with Crippen molar-refractivity contribution in [3.05, 3.63) is 0 Å². The van der Waals surface area contributed by atoms with Crippen molar-refractivity contribution in [3.63, 3.8) is 0 Å². The van der Waals surface area contributed by atoms with Crippen LogP contribution in [0.3, 0.4) is 0 Å². The van der Waals surface area contributed by atoms with Crippen molar-refractivity contribution in [3.8, 4) is 0 Å². The maximum absolute atomic E-state index is 10.8. The molecular formula is C8H15NO2. The zero-order valence-corrected chi connectivity index (χ0v) is 7.14. The van der Waals surface area contributed by atoms with Crippen molar-refractivity contribution in [1.29, 1.82) is 0 Å². The van der Waals surface area contributed by atoms with Crippen molar-refractivity contribution in [2.24, 2.45) is 0 Å². The van der Waals surface area contributed by atoms with Gasteiger partial charge in [0.05, 0.1) is 0 Å². The molecule has 1 N–H and O–H groups in total. The maximum atomic E-state index is 10.8. The predicted octanol–water partition coefficient (Wildman–Crippen LogP) is 1.04. The van der Waals surface area contributed by atoms with E-state index in [1.165, 1.54) is 6.92 Å². The molecule has 0 spiro atoms. The lowest BCUT2D eigenvalue weighted by Crippen LogP contribution is -2.46. The summed E-state index contributed by atoms with van der Waals surface area (Å²) in [6, 6.07) is 0. The molecule has 0 heterocycles. The molecule has 0 aromatic carbocycles. The van der Waals surface area contributed by atoms with Gasteiger partial charge in [-0.3, -0.25) is 4.79 Å². The first kappa shape index (κ1) is 8.53. The fourth-order valence-corrected chi connectivity index (χ4v) is 1.65. The Morgan fingerprint density at radius 2 is 2.00 bits per heavy atom. The van der Waals surface area contributed by atoms with Crippen LogP contribution in [0, 0.1) is 0 Å². The molecule has 0 aromatic heterocycles. The van der Waals surface area contributed by atoms with E-state index in [0.29, 0.717) is 0 Å². The predicted molar refractivity (Wildman–Crippen MR) is 42.0 cm³/mol. The molecule has 11 heavy (non-hydrogen) atoms. The number of hydrogen-bond donors (Lipinski definition) is 1. The van der Waals surface area contributed by atoms with Crippen LogP contribution in [0.25, 0.3) is 0 Å². The van der Waals surface area contributed by atoms with Crippen LogP contribution in [0.1, 0.15) is 32.6 Å². The third kappa shape index (κ3) is 1.93. The summed E-state index contributed by atoms with van der Waals surface area (Å²) in [6.45, 7) is 1.53. The van der Waals surface area contributed by atoms with Gasteiger partial charge >= 0.3 is 0 Å². The largest absolute Gasteiger partial charge is 0.359 e. The Bertz CT molecular complexity index is 150. The van der Waals surface area contributed by atoms with Crippen LogP contribution in [0.5, 0.6) is 0 Å². The summed E-state index contributed by atoms with van der Waals surface area (Å²) in [5.74, 6) is -0.00579. The molecule has 1 fully saturated rings. The molecule has 0 atom stereocenters. The standard InChI is InChI=1S/C8H15NO2/c1-7(10)9-8(11-2)5-3-4-6-8/h3-6H2,1-2H3,(H,9,10). The van der Waals surface area contributed by atoms with Crippen molar-refractivity contribution in [1.82, 2.24) is 5.32 Å². The van der Waals surface area contributed by atoms with Gasteiger partial charge in [0, 0.05) is 14.0 Å². The average molecular weight is 157 g/mol. The molecule has 0 aromatic rings. The van der Waals surface area contributed by atoms with Crippen molar-refractivity contribution in [2.45, 2.75) is 38.3 Å². The summed E-state index contributed by atoms with van der Waals surface area (Å²) in [7, 11) is 1.65. The van der Waals surface area contributed by atoms with E-state index in [4.69, 9.17) is 4.74 Å². The first-order valence-electron chi connectivity index (χ1n) is 4.02. The second-order valence-corrected chi connectivity index (χ2v) is 3.09. The molecule has 1 amide bonds. The van der Waals surface area contributed by atoms with E-state index in [-0.39, 0.29) is 11.6 Å². The minimum absolute atomic E-state index is 0.00579. The fourth-order valence-electron chi connectivity index (χ4n) is 1.65. The Morgan fingerprint density at radius 1 is 1.45 bits per heavy atom. The molecule has 1 aliphatic carbocycles. The minimum atomic E-state index is -0.341. The highest BCUT2D eigenvalue weighted by Gasteiger charge is 2.34. The molecule has 64 valence electrons. The molecule has 0 saturated heterocycles. The summed E-state index contributed by atoms with van der Waals surface area (Å²) in [6.07, 6.45) is 4.19. The molecular weight excluding hydrogens is 142 g/mol. The van der Waals surface area contributed by atoms with Crippen LogP contribution in [-0.4, -0.2) is 18.7 Å². The number of rotatable bonds is 2. The van der Waals surface area contributed by atoms with Crippen LogP contribution >= 0.6 is 0 Å². The van der Waals surface area contributed by atoms with Gasteiger partial charge in [0.2, 0.25) is 5.91 Å². The van der Waals surface area contributed by atoms with Crippen molar-refractivity contribution >= 4 is 5.91 Å². The highest BCUT2D eigenvalue weighted by atomic mass is 16.5. The maximum Gasteiger partial charge on any atom is 0.219 e. The van der Waals surface area contributed by atoms with Crippen LogP contribution in [-0.2, 0) is 9.53 Å². The smallest absolute Gasteiger partial charge is 0.219 e. The molecule has 3 heteroatoms. The Morgan fingerprint density at radius 3 is 2.36 bits per heavy atom. The van der Waals surface area contributed by atoms with Crippen LogP contribution in [0.2, 0.25) is 0 Å². The van der Waals surface area contributed by atoms with E-state index in [1.807, 2.05) is 0 Å². The molecule has 0 bridgehead atoms. The van der Waals surface area contributed by atoms with Gasteiger partial charge in [-0.2, -0.15) is 0 Å². The summed E-state index contributed by atoms with van der Waals surface area (Å²) in [5.41, 5.74) is -0.341. The average Bonchev–Trinajstić information content (AvgIpc) is 2.36. The third-order valence-electron chi connectivity index (χ3n) is 2.21. The lowest BCUT2D eigenvalue weighted by atomic mass is 10.2. The monoisotopic (exact) mass is 157 g/mol. The van der Waals surface area contributed by atoms with Crippen molar-refractivity contribution < 1.29 is 9.53 Å². The molecule has 0 aliphatic heterocycles. The fraction of sp³-hybridized carbons (Fsp3) is 0.875. The first-order valence-corrected chi connectivity index (χ1v) is 4.02. The highest BCUT2D eigenvalue weighted by Crippen LogP contribution is 2.29. The Labute approximate surface area is 67.1 Å². The van der Waals surface area contributed by atoms with Gasteiger partial charge in [-0.25, -0.2) is 0 Å². The van der Waals surface area contributed by atoms with Gasteiger partial charge in [-0.1, -0.05) is 0 Å². The lowest BCUT2D eigenvalue weighted by Gasteiger charge is -2.27. The molecule has 1 aliphatic rings. The molecule has 0 radical (unpaired) electrons. The van der Waals surface area contributed by atoms with Gasteiger partial charge in [0.15, 0.2) is 0 Å². The van der Waals surface area contributed by atoms with Crippen LogP contribution < -0.4 is 5.32 Å². The van der Waals surface area contributed by atoms with Gasteiger partial charge < -0.3 is 10.1 Å². The highest BCUT2D eigenvalue weighted by molar-refractivity contribution is 5.73. The van der Waals surface area contributed by atoms with Gasteiger partial charge in [0.25, 0.3) is 0 Å². The normalized spacial score (nSPS) is 21.6. The number of ether oxygens (including phenoxy) is 1. The Kier molecular flexibility index (Phi) is 2.49. The number of nitrogens with one attached hydrogen (secondary N) is 1. The van der Waals surface area contributed by atoms with Gasteiger partial charge in [0.1, 0.15) is 5.72 Å². The molecule has 1 rings (SSSR count). The topological polar surface area (TPSA) is 38.3 Å². The van der Waals surface area contributed by atoms with E-state index >= 15 is 0 Å². The quantitative estimate of drug-likeness (QED) is 0.608. The van der Waals surface area contributed by atoms with E-state index in [0.717, 1.165) is 25.7 Å². The van der Waals surface area contributed by atoms with Crippen LogP contribution in [0.15, 0.2) is 0 Å². The molecule has 3 nitrogen and oxygen atoms in total. The SMILES string of the molecule is COC1(NC(C)=O)CCCC1. The molecule has 1 saturated carbocycles. The van der Waals surface area contributed by atoms with Gasteiger partial charge in [-0.05, 0) is 25.7 Å². The second kappa shape index (κ2) is 3.22. The Hall–Kier alpha value is -0.570. The zero-order valence-electron chi connectivity index (χ0n) is 7.14. The van der Waals surface area contributed by atoms with Gasteiger partial charge in [-0.15, -0.1) is 0 Å². The third-order valence-corrected chi connectivity index (χ3v) is 2.21. The first-order chi connectivity index (χ1) is 5.18. The van der Waals surface area contributed by atoms with E-state index < -0.39 is 0 Å². The summed E-state index contributed by atoms with van der Waals surface area (Å²) in [4.78, 5) is 10.8. The number of methoxy groups -OCH3 is 1. The number of carbonyl (C=O) groups excluding carboxylic acids is 1. The van der Waals surface area contributed by atoms with Crippen molar-refractivity contribution in [2.75, 3.05) is 7.11 Å². The second-order valence-electron chi connectivity index (χ2n) is 3.09. The number of hydrogen-bond acceptors (Lipinski definition) is 2. The van der Waals surface area contributed by atoms with E-state index in [9.17, 15) is 4.79 Å². The number of carbonyl (C=O) groups is 1. The summed E-state index contributed by atoms with van der Waals surface area (Å²) < 4.78 is 5.28. The van der Waals surface area contributed by atoms with E-state index in [1.54, 1.807) is 7.11 Å². The number of amides is 1. The minimum Gasteiger partial charge on any atom is -0.359 e. The Balaban J connectivity index is 2.52. The zero-order chi connectivity index (χ0) is 8.32. The summed E-state index contributed by atoms with van der Waals surface area (Å²) >= 11 is 0. The van der Waals surface area contributed by atoms with Crippen LogP contribution in [0.4, 0.5) is 0 Å².